The van der Waals surface area contributed by atoms with Crippen molar-refractivity contribution in [3.05, 3.63) is 54.1 Å². The molecule has 0 aliphatic carbocycles. The number of aromatic nitrogens is 2. The molecule has 0 spiro atoms. The molecule has 1 aromatic heterocycles. The number of aromatic amines is 1. The molecule has 0 saturated carbocycles. The number of amides is 1. The SMILES string of the molecule is NC(=O)c1ccc(Nc2nc3ccccc3[nH]2)cc1. The molecule has 0 atom stereocenters. The van der Waals surface area contributed by atoms with Crippen molar-refractivity contribution in [2.45, 2.75) is 0 Å². The first kappa shape index (κ1) is 11.3. The Hall–Kier alpha value is -2.82. The van der Waals surface area contributed by atoms with E-state index in [4.69, 9.17) is 5.73 Å². The summed E-state index contributed by atoms with van der Waals surface area (Å²) in [6.45, 7) is 0. The van der Waals surface area contributed by atoms with Gasteiger partial charge in [0.05, 0.1) is 11.0 Å². The highest BCUT2D eigenvalue weighted by Gasteiger charge is 2.03. The van der Waals surface area contributed by atoms with Gasteiger partial charge in [-0.3, -0.25) is 4.79 Å². The lowest BCUT2D eigenvalue weighted by Crippen LogP contribution is -2.10. The smallest absolute Gasteiger partial charge is 0.248 e. The third kappa shape index (κ3) is 2.26. The van der Waals surface area contributed by atoms with Crippen LogP contribution in [0.5, 0.6) is 0 Å². The van der Waals surface area contributed by atoms with Gasteiger partial charge in [0.1, 0.15) is 0 Å². The molecular weight excluding hydrogens is 240 g/mol. The van der Waals surface area contributed by atoms with Gasteiger partial charge in [-0.05, 0) is 36.4 Å². The molecule has 0 fully saturated rings. The molecule has 3 rings (SSSR count). The number of para-hydroxylation sites is 2. The number of fused-ring (bicyclic) bond motifs is 1. The van der Waals surface area contributed by atoms with Crippen LogP contribution in [0.3, 0.4) is 0 Å². The Morgan fingerprint density at radius 2 is 1.84 bits per heavy atom. The molecule has 4 N–H and O–H groups in total. The summed E-state index contributed by atoms with van der Waals surface area (Å²) in [5.41, 5.74) is 8.38. The van der Waals surface area contributed by atoms with Gasteiger partial charge in [-0.2, -0.15) is 0 Å². The zero-order chi connectivity index (χ0) is 13.2. The van der Waals surface area contributed by atoms with Crippen molar-refractivity contribution in [2.24, 2.45) is 5.73 Å². The lowest BCUT2D eigenvalue weighted by atomic mass is 10.2. The first-order chi connectivity index (χ1) is 9.22. The molecule has 19 heavy (non-hydrogen) atoms. The minimum atomic E-state index is -0.435. The van der Waals surface area contributed by atoms with Crippen LogP contribution in [0.4, 0.5) is 11.6 Å². The van der Waals surface area contributed by atoms with Crippen molar-refractivity contribution in [1.29, 1.82) is 0 Å². The zero-order valence-electron chi connectivity index (χ0n) is 10.1. The van der Waals surface area contributed by atoms with E-state index in [1.165, 1.54) is 0 Å². The Morgan fingerprint density at radius 3 is 2.53 bits per heavy atom. The zero-order valence-corrected chi connectivity index (χ0v) is 10.1. The topological polar surface area (TPSA) is 83.8 Å². The summed E-state index contributed by atoms with van der Waals surface area (Å²) >= 11 is 0. The highest BCUT2D eigenvalue weighted by molar-refractivity contribution is 5.93. The molecule has 0 aliphatic heterocycles. The molecule has 3 aromatic rings. The Morgan fingerprint density at radius 1 is 1.11 bits per heavy atom. The van der Waals surface area contributed by atoms with Crippen LogP contribution in [0.2, 0.25) is 0 Å². The number of carbonyl (C=O) groups excluding carboxylic acids is 1. The van der Waals surface area contributed by atoms with Gasteiger partial charge < -0.3 is 16.0 Å². The molecule has 5 heteroatoms. The van der Waals surface area contributed by atoms with Gasteiger partial charge in [-0.25, -0.2) is 4.98 Å². The first-order valence-corrected chi connectivity index (χ1v) is 5.84. The summed E-state index contributed by atoms with van der Waals surface area (Å²) in [6, 6.07) is 14.7. The summed E-state index contributed by atoms with van der Waals surface area (Å²) < 4.78 is 0. The predicted molar refractivity (Wildman–Crippen MR) is 74.3 cm³/mol. The maximum Gasteiger partial charge on any atom is 0.248 e. The fourth-order valence-corrected chi connectivity index (χ4v) is 1.87. The van der Waals surface area contributed by atoms with E-state index >= 15 is 0 Å². The number of nitrogens with zero attached hydrogens (tertiary/aromatic N) is 1. The number of benzene rings is 2. The van der Waals surface area contributed by atoms with Crippen molar-refractivity contribution in [2.75, 3.05) is 5.32 Å². The summed E-state index contributed by atoms with van der Waals surface area (Å²) in [7, 11) is 0. The van der Waals surface area contributed by atoms with Crippen molar-refractivity contribution in [1.82, 2.24) is 9.97 Å². The largest absolute Gasteiger partial charge is 0.366 e. The van der Waals surface area contributed by atoms with E-state index < -0.39 is 5.91 Å². The number of primary amides is 1. The minimum absolute atomic E-state index is 0.435. The molecule has 0 unspecified atom stereocenters. The van der Waals surface area contributed by atoms with Crippen LogP contribution < -0.4 is 11.1 Å². The lowest BCUT2D eigenvalue weighted by Gasteiger charge is -2.02. The van der Waals surface area contributed by atoms with Crippen LogP contribution >= 0.6 is 0 Å². The van der Waals surface area contributed by atoms with Crippen molar-refractivity contribution in [3.63, 3.8) is 0 Å². The van der Waals surface area contributed by atoms with Gasteiger partial charge in [-0.15, -0.1) is 0 Å². The summed E-state index contributed by atoms with van der Waals surface area (Å²) in [5.74, 6) is 0.225. The number of carbonyl (C=O) groups is 1. The Labute approximate surface area is 109 Å². The predicted octanol–water partition coefficient (Wildman–Crippen LogP) is 2.41. The standard InChI is InChI=1S/C14H12N4O/c15-13(19)9-5-7-10(8-6-9)16-14-17-11-3-1-2-4-12(11)18-14/h1-8H,(H2,15,19)(H2,16,17,18). The lowest BCUT2D eigenvalue weighted by molar-refractivity contribution is 0.100. The third-order valence-corrected chi connectivity index (χ3v) is 2.82. The Balaban J connectivity index is 1.86. The molecule has 1 heterocycles. The monoisotopic (exact) mass is 252 g/mol. The van der Waals surface area contributed by atoms with Gasteiger partial charge in [0.15, 0.2) is 0 Å². The van der Waals surface area contributed by atoms with Gasteiger partial charge in [0.25, 0.3) is 0 Å². The first-order valence-electron chi connectivity index (χ1n) is 5.84. The van der Waals surface area contributed by atoms with Gasteiger partial charge >= 0.3 is 0 Å². The van der Waals surface area contributed by atoms with Crippen LogP contribution in [0.25, 0.3) is 11.0 Å². The molecule has 0 saturated heterocycles. The number of nitrogens with one attached hydrogen (secondary N) is 2. The van der Waals surface area contributed by atoms with Crippen LogP contribution in [0.15, 0.2) is 48.5 Å². The Kier molecular flexibility index (Phi) is 2.64. The van der Waals surface area contributed by atoms with Gasteiger partial charge in [0.2, 0.25) is 11.9 Å². The van der Waals surface area contributed by atoms with Crippen molar-refractivity contribution < 1.29 is 4.79 Å². The minimum Gasteiger partial charge on any atom is -0.366 e. The average molecular weight is 252 g/mol. The molecular formula is C14H12N4O. The van der Waals surface area contributed by atoms with Crippen LogP contribution in [-0.4, -0.2) is 15.9 Å². The van der Waals surface area contributed by atoms with Crippen LogP contribution in [0, 0.1) is 0 Å². The fraction of sp³-hybridized carbons (Fsp3) is 0. The number of nitrogens with two attached hydrogens (primary N) is 1. The van der Waals surface area contributed by atoms with Gasteiger partial charge in [0, 0.05) is 11.3 Å². The number of hydrogen-bond acceptors (Lipinski definition) is 3. The highest BCUT2D eigenvalue weighted by atomic mass is 16.1. The number of anilines is 2. The average Bonchev–Trinajstić information content (AvgIpc) is 2.81. The number of imidazole rings is 1. The summed E-state index contributed by atoms with van der Waals surface area (Å²) in [4.78, 5) is 18.5. The summed E-state index contributed by atoms with van der Waals surface area (Å²) in [6.07, 6.45) is 0. The molecule has 0 aliphatic rings. The molecule has 0 bridgehead atoms. The van der Waals surface area contributed by atoms with E-state index in [-0.39, 0.29) is 0 Å². The molecule has 0 radical (unpaired) electrons. The summed E-state index contributed by atoms with van der Waals surface area (Å²) in [5, 5.41) is 3.14. The molecule has 1 amide bonds. The second-order valence-corrected chi connectivity index (χ2v) is 4.17. The fourth-order valence-electron chi connectivity index (χ4n) is 1.87. The maximum absolute atomic E-state index is 11.0. The van der Waals surface area contributed by atoms with Crippen molar-refractivity contribution in [3.8, 4) is 0 Å². The van der Waals surface area contributed by atoms with Crippen LogP contribution in [0.1, 0.15) is 10.4 Å². The second kappa shape index (κ2) is 4.45. The van der Waals surface area contributed by atoms with E-state index in [0.717, 1.165) is 16.7 Å². The van der Waals surface area contributed by atoms with E-state index in [2.05, 4.69) is 15.3 Å². The second-order valence-electron chi connectivity index (χ2n) is 4.17. The number of rotatable bonds is 3. The Bertz CT molecular complexity index is 698. The molecule has 2 aromatic carbocycles. The third-order valence-electron chi connectivity index (χ3n) is 2.82. The number of H-pyrrole nitrogens is 1. The van der Waals surface area contributed by atoms with Gasteiger partial charge in [-0.1, -0.05) is 12.1 Å². The maximum atomic E-state index is 11.0. The van der Waals surface area contributed by atoms with Crippen LogP contribution in [-0.2, 0) is 0 Å². The van der Waals surface area contributed by atoms with E-state index in [9.17, 15) is 4.79 Å². The molecule has 5 nitrogen and oxygen atoms in total. The quantitative estimate of drug-likeness (QED) is 0.669. The van der Waals surface area contributed by atoms with E-state index in [1.807, 2.05) is 24.3 Å². The van der Waals surface area contributed by atoms with E-state index in [0.29, 0.717) is 11.5 Å². The number of hydrogen-bond donors (Lipinski definition) is 3. The normalized spacial score (nSPS) is 10.5. The molecule has 94 valence electrons. The highest BCUT2D eigenvalue weighted by Crippen LogP contribution is 2.18. The van der Waals surface area contributed by atoms with E-state index in [1.54, 1.807) is 24.3 Å². The van der Waals surface area contributed by atoms with Crippen molar-refractivity contribution >= 4 is 28.6 Å².